The Morgan fingerprint density at radius 3 is 2.70 bits per heavy atom. The molecule has 1 aliphatic rings. The van der Waals surface area contributed by atoms with E-state index in [9.17, 15) is 13.6 Å². The Morgan fingerprint density at radius 2 is 2.05 bits per heavy atom. The van der Waals surface area contributed by atoms with E-state index < -0.39 is 30.1 Å². The maximum atomic E-state index is 13.4. The monoisotopic (exact) mass is 284 g/mol. The van der Waals surface area contributed by atoms with Crippen LogP contribution in [0.5, 0.6) is 0 Å². The first kappa shape index (κ1) is 14.9. The van der Waals surface area contributed by atoms with Crippen LogP contribution < -0.4 is 0 Å². The summed E-state index contributed by atoms with van der Waals surface area (Å²) in [6.45, 7) is 0.372. The minimum atomic E-state index is -2.77. The first-order chi connectivity index (χ1) is 9.48. The van der Waals surface area contributed by atoms with Gasteiger partial charge in [0.15, 0.2) is 0 Å². The number of rotatable bonds is 5. The van der Waals surface area contributed by atoms with Crippen molar-refractivity contribution in [3.63, 3.8) is 0 Å². The van der Waals surface area contributed by atoms with Crippen LogP contribution in [0.25, 0.3) is 0 Å². The van der Waals surface area contributed by atoms with E-state index in [0.29, 0.717) is 6.61 Å². The van der Waals surface area contributed by atoms with Gasteiger partial charge in [0.1, 0.15) is 0 Å². The zero-order valence-electron chi connectivity index (χ0n) is 11.1. The molecule has 1 aromatic rings. The molecule has 1 fully saturated rings. The van der Waals surface area contributed by atoms with Gasteiger partial charge in [-0.1, -0.05) is 30.3 Å². The molecule has 2 rings (SSSR count). The molecule has 1 aromatic carbocycles. The molecule has 0 bridgehead atoms. The molecule has 110 valence electrons. The van der Waals surface area contributed by atoms with Gasteiger partial charge in [0.25, 0.3) is 0 Å². The second-order valence-corrected chi connectivity index (χ2v) is 5.30. The Kier molecular flexibility index (Phi) is 4.70. The van der Waals surface area contributed by atoms with Gasteiger partial charge in [-0.3, -0.25) is 4.79 Å². The maximum Gasteiger partial charge on any atom is 0.306 e. The van der Waals surface area contributed by atoms with E-state index in [0.717, 1.165) is 5.56 Å². The van der Waals surface area contributed by atoms with Crippen LogP contribution in [0.4, 0.5) is 8.78 Å². The summed E-state index contributed by atoms with van der Waals surface area (Å²) < 4.78 is 32.2. The number of carbonyl (C=O) groups is 1. The standard InChI is InChI=1S/C15H18F2O3/c16-15(17)7-6-13(14(18)19)12(8-15)10-20-9-11-4-2-1-3-5-11/h1-5,12-13H,6-10H2,(H,18,19)/t12-,13+/m0/s1. The SMILES string of the molecule is O=C(O)[C@@H]1CCC(F)(F)C[C@H]1COCc1ccccc1. The predicted octanol–water partition coefficient (Wildman–Crippen LogP) is 3.34. The van der Waals surface area contributed by atoms with Gasteiger partial charge in [-0.25, -0.2) is 8.78 Å². The third kappa shape index (κ3) is 4.00. The van der Waals surface area contributed by atoms with E-state index in [4.69, 9.17) is 9.84 Å². The molecule has 3 nitrogen and oxygen atoms in total. The lowest BCUT2D eigenvalue weighted by molar-refractivity contribution is -0.153. The number of ether oxygens (including phenoxy) is 1. The number of carboxylic acids is 1. The molecular formula is C15H18F2O3. The average molecular weight is 284 g/mol. The smallest absolute Gasteiger partial charge is 0.306 e. The molecule has 0 aliphatic heterocycles. The van der Waals surface area contributed by atoms with Crippen molar-refractivity contribution in [2.75, 3.05) is 6.61 Å². The van der Waals surface area contributed by atoms with Crippen molar-refractivity contribution >= 4 is 5.97 Å². The predicted molar refractivity (Wildman–Crippen MR) is 69.5 cm³/mol. The first-order valence-corrected chi connectivity index (χ1v) is 6.70. The Balaban J connectivity index is 1.89. The number of halogens is 2. The fourth-order valence-electron chi connectivity index (χ4n) is 2.63. The van der Waals surface area contributed by atoms with Crippen LogP contribution in [0.3, 0.4) is 0 Å². The van der Waals surface area contributed by atoms with Crippen molar-refractivity contribution in [2.45, 2.75) is 31.8 Å². The highest BCUT2D eigenvalue weighted by atomic mass is 19.3. The number of carboxylic acid groups (broad SMARTS) is 1. The summed E-state index contributed by atoms with van der Waals surface area (Å²) in [5.41, 5.74) is 0.946. The van der Waals surface area contributed by atoms with Gasteiger partial charge < -0.3 is 9.84 Å². The topological polar surface area (TPSA) is 46.5 Å². The van der Waals surface area contributed by atoms with E-state index >= 15 is 0 Å². The molecular weight excluding hydrogens is 266 g/mol. The Morgan fingerprint density at radius 1 is 1.35 bits per heavy atom. The van der Waals surface area contributed by atoms with E-state index in [1.54, 1.807) is 0 Å². The molecule has 0 unspecified atom stereocenters. The lowest BCUT2D eigenvalue weighted by atomic mass is 9.78. The number of hydrogen-bond donors (Lipinski definition) is 1. The maximum absolute atomic E-state index is 13.4. The van der Waals surface area contributed by atoms with Crippen molar-refractivity contribution in [2.24, 2.45) is 11.8 Å². The summed E-state index contributed by atoms with van der Waals surface area (Å²) in [6, 6.07) is 9.38. The minimum Gasteiger partial charge on any atom is -0.481 e. The van der Waals surface area contributed by atoms with Crippen molar-refractivity contribution < 1.29 is 23.4 Å². The summed E-state index contributed by atoms with van der Waals surface area (Å²) in [6.07, 6.45) is -0.737. The zero-order chi connectivity index (χ0) is 14.6. The fourth-order valence-corrected chi connectivity index (χ4v) is 2.63. The molecule has 0 aromatic heterocycles. The van der Waals surface area contributed by atoms with Gasteiger partial charge in [-0.2, -0.15) is 0 Å². The first-order valence-electron chi connectivity index (χ1n) is 6.70. The molecule has 1 aliphatic carbocycles. The largest absolute Gasteiger partial charge is 0.481 e. The van der Waals surface area contributed by atoms with Gasteiger partial charge in [-0.15, -0.1) is 0 Å². The Bertz CT molecular complexity index is 448. The van der Waals surface area contributed by atoms with E-state index in [2.05, 4.69) is 0 Å². The normalized spacial score (nSPS) is 25.3. The second-order valence-electron chi connectivity index (χ2n) is 5.30. The molecule has 1 saturated carbocycles. The number of aliphatic carboxylic acids is 1. The van der Waals surface area contributed by atoms with Gasteiger partial charge in [0.05, 0.1) is 19.1 Å². The highest BCUT2D eigenvalue weighted by Crippen LogP contribution is 2.40. The fraction of sp³-hybridized carbons (Fsp3) is 0.533. The van der Waals surface area contributed by atoms with Crippen LogP contribution in [-0.2, 0) is 16.1 Å². The van der Waals surface area contributed by atoms with Crippen LogP contribution in [-0.4, -0.2) is 23.6 Å². The van der Waals surface area contributed by atoms with Crippen LogP contribution in [0.2, 0.25) is 0 Å². The van der Waals surface area contributed by atoms with Crippen LogP contribution in [0, 0.1) is 11.8 Å². The molecule has 20 heavy (non-hydrogen) atoms. The average Bonchev–Trinajstić information content (AvgIpc) is 2.38. The lowest BCUT2D eigenvalue weighted by Gasteiger charge is -2.33. The summed E-state index contributed by atoms with van der Waals surface area (Å²) in [7, 11) is 0. The summed E-state index contributed by atoms with van der Waals surface area (Å²) >= 11 is 0. The Labute approximate surface area is 116 Å². The summed E-state index contributed by atoms with van der Waals surface area (Å²) in [4.78, 5) is 11.1. The number of hydrogen-bond acceptors (Lipinski definition) is 2. The lowest BCUT2D eigenvalue weighted by Crippen LogP contribution is -2.38. The van der Waals surface area contributed by atoms with Crippen molar-refractivity contribution in [3.8, 4) is 0 Å². The van der Waals surface area contributed by atoms with Crippen molar-refractivity contribution in [3.05, 3.63) is 35.9 Å². The van der Waals surface area contributed by atoms with E-state index in [1.165, 1.54) is 0 Å². The van der Waals surface area contributed by atoms with Crippen molar-refractivity contribution in [1.82, 2.24) is 0 Å². The highest BCUT2D eigenvalue weighted by Gasteiger charge is 2.44. The molecule has 0 amide bonds. The second kappa shape index (κ2) is 6.31. The number of alkyl halides is 2. The van der Waals surface area contributed by atoms with E-state index in [1.807, 2.05) is 30.3 Å². The molecule has 5 heteroatoms. The minimum absolute atomic E-state index is 0.0156. The Hall–Kier alpha value is -1.49. The number of benzene rings is 1. The third-order valence-electron chi connectivity index (χ3n) is 3.71. The molecule has 2 atom stereocenters. The van der Waals surface area contributed by atoms with Crippen LogP contribution in [0.15, 0.2) is 30.3 Å². The van der Waals surface area contributed by atoms with Gasteiger partial charge in [0.2, 0.25) is 5.92 Å². The molecule has 0 spiro atoms. The molecule has 0 heterocycles. The third-order valence-corrected chi connectivity index (χ3v) is 3.71. The molecule has 1 N–H and O–H groups in total. The van der Waals surface area contributed by atoms with Gasteiger partial charge >= 0.3 is 5.97 Å². The van der Waals surface area contributed by atoms with Gasteiger partial charge in [-0.05, 0) is 12.0 Å². The van der Waals surface area contributed by atoms with Crippen molar-refractivity contribution in [1.29, 1.82) is 0 Å². The van der Waals surface area contributed by atoms with Crippen LogP contribution in [0.1, 0.15) is 24.8 Å². The van der Waals surface area contributed by atoms with E-state index in [-0.39, 0.29) is 19.4 Å². The molecule has 0 radical (unpaired) electrons. The van der Waals surface area contributed by atoms with Crippen LogP contribution >= 0.6 is 0 Å². The summed E-state index contributed by atoms with van der Waals surface area (Å²) in [5, 5.41) is 9.09. The zero-order valence-corrected chi connectivity index (χ0v) is 11.1. The molecule has 0 saturated heterocycles. The van der Waals surface area contributed by atoms with Gasteiger partial charge in [0, 0.05) is 18.8 Å². The highest BCUT2D eigenvalue weighted by molar-refractivity contribution is 5.70. The quantitative estimate of drug-likeness (QED) is 0.902. The summed E-state index contributed by atoms with van der Waals surface area (Å²) in [5.74, 6) is -5.13.